The highest BCUT2D eigenvalue weighted by molar-refractivity contribution is 6.30. The van der Waals surface area contributed by atoms with Crippen molar-refractivity contribution >= 4 is 17.2 Å². The summed E-state index contributed by atoms with van der Waals surface area (Å²) in [5.74, 6) is 0. The van der Waals surface area contributed by atoms with Crippen LogP contribution in [0.15, 0.2) is 48.8 Å². The van der Waals surface area contributed by atoms with E-state index >= 15 is 0 Å². The Kier molecular flexibility index (Phi) is 5.40. The Balaban J connectivity index is 2.10. The van der Waals surface area contributed by atoms with Crippen LogP contribution >= 0.6 is 11.6 Å². The summed E-state index contributed by atoms with van der Waals surface area (Å²) in [5, 5.41) is 5.59. The molecule has 0 N–H and O–H groups in total. The van der Waals surface area contributed by atoms with Gasteiger partial charge < -0.3 is 4.74 Å². The van der Waals surface area contributed by atoms with Crippen LogP contribution < -0.4 is 0 Å². The Morgan fingerprint density at radius 2 is 2.04 bits per heavy atom. The highest BCUT2D eigenvalue weighted by Gasteiger charge is 2.35. The van der Waals surface area contributed by atoms with Crippen LogP contribution in [0.3, 0.4) is 0 Å². The van der Waals surface area contributed by atoms with Gasteiger partial charge in [-0.3, -0.25) is 0 Å². The Bertz CT molecular complexity index is 797. The average Bonchev–Trinajstić information content (AvgIpc) is 3.08. The van der Waals surface area contributed by atoms with Gasteiger partial charge in [0.2, 0.25) is 0 Å². The van der Waals surface area contributed by atoms with E-state index in [2.05, 4.69) is 37.0 Å². The highest BCUT2D eigenvalue weighted by Crippen LogP contribution is 2.40. The molecule has 0 fully saturated rings. The quantitative estimate of drug-likeness (QED) is 0.604. The lowest BCUT2D eigenvalue weighted by molar-refractivity contribution is 0.103. The zero-order valence-electron chi connectivity index (χ0n) is 14.9. The summed E-state index contributed by atoms with van der Waals surface area (Å²) >= 11 is 6.12. The molecule has 0 aliphatic heterocycles. The van der Waals surface area contributed by atoms with Gasteiger partial charge in [0.25, 0.3) is 0 Å². The number of nitrogens with zero attached hydrogens (tertiary/aromatic N) is 3. The van der Waals surface area contributed by atoms with E-state index in [1.807, 2.05) is 28.9 Å². The molecule has 4 nitrogen and oxygen atoms in total. The first kappa shape index (κ1) is 17.9. The molecule has 132 valence electrons. The minimum atomic E-state index is -0.189. The predicted molar refractivity (Wildman–Crippen MR) is 101 cm³/mol. The fourth-order valence-electron chi connectivity index (χ4n) is 3.38. The van der Waals surface area contributed by atoms with Gasteiger partial charge in [-0.25, -0.2) is 9.50 Å². The van der Waals surface area contributed by atoms with Crippen LogP contribution in [-0.2, 0) is 10.2 Å². The number of hydrogen-bond acceptors (Lipinski definition) is 3. The molecule has 0 aliphatic rings. The second-order valence-corrected chi connectivity index (χ2v) is 6.92. The van der Waals surface area contributed by atoms with Gasteiger partial charge in [0.15, 0.2) is 5.65 Å². The van der Waals surface area contributed by atoms with Crippen LogP contribution in [-0.4, -0.2) is 27.8 Å². The maximum Gasteiger partial charge on any atom is 0.155 e. The summed E-state index contributed by atoms with van der Waals surface area (Å²) in [6.45, 7) is 4.32. The van der Waals surface area contributed by atoms with Gasteiger partial charge >= 0.3 is 0 Å². The molecule has 3 aromatic rings. The van der Waals surface area contributed by atoms with Crippen molar-refractivity contribution in [2.24, 2.45) is 0 Å². The summed E-state index contributed by atoms with van der Waals surface area (Å²) in [6, 6.07) is 12.1. The van der Waals surface area contributed by atoms with Crippen molar-refractivity contribution in [1.29, 1.82) is 0 Å². The molecule has 0 spiro atoms. The number of fused-ring (bicyclic) bond motifs is 1. The summed E-state index contributed by atoms with van der Waals surface area (Å²) in [5.41, 5.74) is 2.94. The van der Waals surface area contributed by atoms with Crippen LogP contribution in [0, 0.1) is 0 Å². The number of ether oxygens (including phenoxy) is 1. The van der Waals surface area contributed by atoms with E-state index in [0.29, 0.717) is 0 Å². The number of methoxy groups -OCH3 is 1. The van der Waals surface area contributed by atoms with Crippen LogP contribution in [0.5, 0.6) is 0 Å². The smallest absolute Gasteiger partial charge is 0.155 e. The molecule has 5 heteroatoms. The third kappa shape index (κ3) is 3.55. The molecule has 0 saturated heterocycles. The summed E-state index contributed by atoms with van der Waals surface area (Å²) in [7, 11) is 1.76. The van der Waals surface area contributed by atoms with Crippen molar-refractivity contribution < 1.29 is 4.74 Å². The lowest BCUT2D eigenvalue weighted by atomic mass is 9.71. The fourth-order valence-corrected chi connectivity index (χ4v) is 3.51. The summed E-state index contributed by atoms with van der Waals surface area (Å²) in [6.07, 6.45) is 6.77. The standard InChI is InChI=1S/C20H24ClN3O/c1-4-20(11-10-15(2)25-3,16-6-8-17(21)9-7-16)18-14-19-22-12-5-13-24(19)23-18/h5-9,12-15H,4,10-11H2,1-3H3. The molecule has 2 unspecified atom stereocenters. The number of aromatic nitrogens is 3. The maximum atomic E-state index is 6.12. The van der Waals surface area contributed by atoms with E-state index in [4.69, 9.17) is 21.4 Å². The number of rotatable bonds is 7. The Labute approximate surface area is 153 Å². The van der Waals surface area contributed by atoms with E-state index in [1.165, 1.54) is 5.56 Å². The number of halogens is 1. The van der Waals surface area contributed by atoms with Gasteiger partial charge in [-0.2, -0.15) is 5.10 Å². The molecule has 0 radical (unpaired) electrons. The van der Waals surface area contributed by atoms with Crippen molar-refractivity contribution in [3.05, 3.63) is 65.1 Å². The van der Waals surface area contributed by atoms with E-state index in [1.54, 1.807) is 13.3 Å². The van der Waals surface area contributed by atoms with E-state index in [-0.39, 0.29) is 11.5 Å². The van der Waals surface area contributed by atoms with Gasteiger partial charge in [0, 0.05) is 36.0 Å². The van der Waals surface area contributed by atoms with Crippen molar-refractivity contribution in [2.75, 3.05) is 7.11 Å². The minimum absolute atomic E-state index is 0.189. The Morgan fingerprint density at radius 3 is 2.68 bits per heavy atom. The van der Waals surface area contributed by atoms with E-state index in [0.717, 1.165) is 35.6 Å². The molecular formula is C20H24ClN3O. The number of benzene rings is 1. The first-order valence-corrected chi connectivity index (χ1v) is 9.06. The topological polar surface area (TPSA) is 39.4 Å². The van der Waals surface area contributed by atoms with Gasteiger partial charge in [-0.1, -0.05) is 30.7 Å². The Morgan fingerprint density at radius 1 is 1.28 bits per heavy atom. The molecule has 0 saturated carbocycles. The third-order valence-corrected chi connectivity index (χ3v) is 5.36. The zero-order chi connectivity index (χ0) is 17.9. The lowest BCUT2D eigenvalue weighted by Crippen LogP contribution is -2.29. The first-order valence-electron chi connectivity index (χ1n) is 8.69. The highest BCUT2D eigenvalue weighted by atomic mass is 35.5. The summed E-state index contributed by atoms with van der Waals surface area (Å²) < 4.78 is 7.32. The molecule has 2 heterocycles. The van der Waals surface area contributed by atoms with Crippen LogP contribution in [0.25, 0.3) is 5.65 Å². The summed E-state index contributed by atoms with van der Waals surface area (Å²) in [4.78, 5) is 4.42. The van der Waals surface area contributed by atoms with Gasteiger partial charge in [0.05, 0.1) is 11.8 Å². The van der Waals surface area contributed by atoms with Crippen molar-refractivity contribution in [3.8, 4) is 0 Å². The maximum absolute atomic E-state index is 6.12. The predicted octanol–water partition coefficient (Wildman–Crippen LogP) is 4.89. The molecule has 3 rings (SSSR count). The molecule has 0 bridgehead atoms. The van der Waals surface area contributed by atoms with E-state index in [9.17, 15) is 0 Å². The van der Waals surface area contributed by atoms with Crippen LogP contribution in [0.2, 0.25) is 5.02 Å². The first-order chi connectivity index (χ1) is 12.1. The average molecular weight is 358 g/mol. The molecule has 0 amide bonds. The zero-order valence-corrected chi connectivity index (χ0v) is 15.7. The van der Waals surface area contributed by atoms with Gasteiger partial charge in [-0.05, 0) is 49.9 Å². The molecular weight excluding hydrogens is 334 g/mol. The normalized spacial score (nSPS) is 15.2. The number of hydrogen-bond donors (Lipinski definition) is 0. The molecule has 0 aliphatic carbocycles. The minimum Gasteiger partial charge on any atom is -0.382 e. The molecule has 25 heavy (non-hydrogen) atoms. The largest absolute Gasteiger partial charge is 0.382 e. The second-order valence-electron chi connectivity index (χ2n) is 6.48. The Hall–Kier alpha value is -1.91. The second kappa shape index (κ2) is 7.54. The van der Waals surface area contributed by atoms with Crippen molar-refractivity contribution in [3.63, 3.8) is 0 Å². The fraction of sp³-hybridized carbons (Fsp3) is 0.400. The molecule has 2 atom stereocenters. The monoisotopic (exact) mass is 357 g/mol. The molecule has 2 aromatic heterocycles. The van der Waals surface area contributed by atoms with Crippen molar-refractivity contribution in [1.82, 2.24) is 14.6 Å². The van der Waals surface area contributed by atoms with Crippen molar-refractivity contribution in [2.45, 2.75) is 44.6 Å². The third-order valence-electron chi connectivity index (χ3n) is 5.11. The van der Waals surface area contributed by atoms with Gasteiger partial charge in [0.1, 0.15) is 0 Å². The van der Waals surface area contributed by atoms with Crippen LogP contribution in [0.4, 0.5) is 0 Å². The molecule has 1 aromatic carbocycles. The van der Waals surface area contributed by atoms with Crippen LogP contribution in [0.1, 0.15) is 44.4 Å². The lowest BCUT2D eigenvalue weighted by Gasteiger charge is -2.33. The van der Waals surface area contributed by atoms with E-state index < -0.39 is 0 Å². The SMILES string of the molecule is CCC(CCC(C)OC)(c1ccc(Cl)cc1)c1cc2ncccn2n1. The van der Waals surface area contributed by atoms with Gasteiger partial charge in [-0.15, -0.1) is 0 Å².